The van der Waals surface area contributed by atoms with Crippen LogP contribution in [0, 0.1) is 5.92 Å². The van der Waals surface area contributed by atoms with E-state index in [9.17, 15) is 9.59 Å². The summed E-state index contributed by atoms with van der Waals surface area (Å²) in [6.07, 6.45) is 4.89. The van der Waals surface area contributed by atoms with E-state index in [1.807, 2.05) is 4.90 Å². The normalized spacial score (nSPS) is 27.6. The SMILES string of the molecule is CC(=O)N1CCC(N(C(=O)C2CC2)C2CCOCC2)C1. The van der Waals surface area contributed by atoms with Crippen LogP contribution in [0.25, 0.3) is 0 Å². The summed E-state index contributed by atoms with van der Waals surface area (Å²) in [4.78, 5) is 28.2. The number of carbonyl (C=O) groups is 2. The van der Waals surface area contributed by atoms with E-state index in [4.69, 9.17) is 4.74 Å². The molecule has 2 heterocycles. The molecule has 5 nitrogen and oxygen atoms in total. The van der Waals surface area contributed by atoms with E-state index in [0.717, 1.165) is 51.9 Å². The van der Waals surface area contributed by atoms with Gasteiger partial charge < -0.3 is 14.5 Å². The van der Waals surface area contributed by atoms with E-state index in [-0.39, 0.29) is 17.9 Å². The molecule has 0 aromatic rings. The van der Waals surface area contributed by atoms with E-state index in [2.05, 4.69) is 4.90 Å². The summed E-state index contributed by atoms with van der Waals surface area (Å²) in [5, 5.41) is 0. The van der Waals surface area contributed by atoms with Crippen LogP contribution in [0.1, 0.15) is 39.0 Å². The second kappa shape index (κ2) is 5.72. The third kappa shape index (κ3) is 2.82. The van der Waals surface area contributed by atoms with Crippen molar-refractivity contribution in [2.24, 2.45) is 5.92 Å². The first-order chi connectivity index (χ1) is 9.66. The second-order valence-corrected chi connectivity index (χ2v) is 6.27. The quantitative estimate of drug-likeness (QED) is 0.775. The lowest BCUT2D eigenvalue weighted by molar-refractivity contribution is -0.140. The lowest BCUT2D eigenvalue weighted by Gasteiger charge is -2.38. The van der Waals surface area contributed by atoms with Crippen LogP contribution in [-0.4, -0.2) is 60.0 Å². The van der Waals surface area contributed by atoms with Crippen molar-refractivity contribution in [3.8, 4) is 0 Å². The minimum Gasteiger partial charge on any atom is -0.381 e. The van der Waals surface area contributed by atoms with Crippen molar-refractivity contribution < 1.29 is 14.3 Å². The second-order valence-electron chi connectivity index (χ2n) is 6.27. The van der Waals surface area contributed by atoms with Gasteiger partial charge in [-0.25, -0.2) is 0 Å². The number of rotatable bonds is 3. The molecular weight excluding hydrogens is 256 g/mol. The maximum Gasteiger partial charge on any atom is 0.226 e. The molecule has 0 N–H and O–H groups in total. The van der Waals surface area contributed by atoms with Gasteiger partial charge in [0.15, 0.2) is 0 Å². The Morgan fingerprint density at radius 2 is 1.75 bits per heavy atom. The Morgan fingerprint density at radius 3 is 2.30 bits per heavy atom. The number of carbonyl (C=O) groups excluding carboxylic acids is 2. The predicted octanol–water partition coefficient (Wildman–Crippen LogP) is 1.02. The summed E-state index contributed by atoms with van der Waals surface area (Å²) >= 11 is 0. The molecule has 1 aliphatic carbocycles. The Bertz CT molecular complexity index is 389. The molecule has 0 aromatic carbocycles. The summed E-state index contributed by atoms with van der Waals surface area (Å²) in [5.41, 5.74) is 0. The van der Waals surface area contributed by atoms with Gasteiger partial charge in [-0.2, -0.15) is 0 Å². The zero-order chi connectivity index (χ0) is 14.1. The molecule has 0 spiro atoms. The molecule has 3 rings (SSSR count). The number of hydrogen-bond donors (Lipinski definition) is 0. The molecular formula is C15H24N2O3. The summed E-state index contributed by atoms with van der Waals surface area (Å²) < 4.78 is 5.43. The molecule has 1 unspecified atom stereocenters. The van der Waals surface area contributed by atoms with Crippen LogP contribution in [0.4, 0.5) is 0 Å². The highest BCUT2D eigenvalue weighted by atomic mass is 16.5. The number of hydrogen-bond acceptors (Lipinski definition) is 3. The maximum atomic E-state index is 12.6. The largest absolute Gasteiger partial charge is 0.381 e. The van der Waals surface area contributed by atoms with Crippen LogP contribution in [0.15, 0.2) is 0 Å². The molecule has 0 aromatic heterocycles. The van der Waals surface area contributed by atoms with Crippen molar-refractivity contribution in [3.05, 3.63) is 0 Å². The van der Waals surface area contributed by atoms with E-state index in [1.165, 1.54) is 0 Å². The van der Waals surface area contributed by atoms with Crippen LogP contribution in [0.5, 0.6) is 0 Å². The fraction of sp³-hybridized carbons (Fsp3) is 0.867. The van der Waals surface area contributed by atoms with Gasteiger partial charge >= 0.3 is 0 Å². The summed E-state index contributed by atoms with van der Waals surface area (Å²) in [6, 6.07) is 0.531. The van der Waals surface area contributed by atoms with Crippen LogP contribution in [0.2, 0.25) is 0 Å². The molecule has 3 aliphatic rings. The molecule has 2 aliphatic heterocycles. The molecule has 2 saturated heterocycles. The van der Waals surface area contributed by atoms with Crippen molar-refractivity contribution in [1.82, 2.24) is 9.80 Å². The number of ether oxygens (including phenoxy) is 1. The average molecular weight is 280 g/mol. The number of nitrogens with zero attached hydrogens (tertiary/aromatic N) is 2. The van der Waals surface area contributed by atoms with E-state index < -0.39 is 0 Å². The van der Waals surface area contributed by atoms with Gasteiger partial charge in [0.2, 0.25) is 11.8 Å². The molecule has 2 amide bonds. The van der Waals surface area contributed by atoms with Crippen molar-refractivity contribution in [1.29, 1.82) is 0 Å². The Kier molecular flexibility index (Phi) is 3.96. The van der Waals surface area contributed by atoms with E-state index in [0.29, 0.717) is 18.5 Å². The number of likely N-dealkylation sites (tertiary alicyclic amines) is 1. The highest BCUT2D eigenvalue weighted by Crippen LogP contribution is 2.35. The predicted molar refractivity (Wildman–Crippen MR) is 74.1 cm³/mol. The van der Waals surface area contributed by atoms with Crippen LogP contribution < -0.4 is 0 Å². The Labute approximate surface area is 120 Å². The Hall–Kier alpha value is -1.10. The molecule has 3 fully saturated rings. The summed E-state index contributed by atoms with van der Waals surface area (Å²) in [5.74, 6) is 0.704. The molecule has 112 valence electrons. The molecule has 0 bridgehead atoms. The van der Waals surface area contributed by atoms with Gasteiger partial charge in [-0.15, -0.1) is 0 Å². The third-order valence-electron chi connectivity index (χ3n) is 4.77. The van der Waals surface area contributed by atoms with Crippen molar-refractivity contribution in [2.45, 2.75) is 51.1 Å². The standard InChI is InChI=1S/C15H24N2O3/c1-11(18)16-7-4-14(10-16)17(15(19)12-2-3-12)13-5-8-20-9-6-13/h12-14H,2-10H2,1H3. The molecule has 1 atom stereocenters. The first kappa shape index (κ1) is 13.9. The minimum atomic E-state index is 0.123. The maximum absolute atomic E-state index is 12.6. The first-order valence-corrected chi connectivity index (χ1v) is 7.82. The van der Waals surface area contributed by atoms with Gasteiger partial charge in [-0.05, 0) is 32.1 Å². The number of amides is 2. The van der Waals surface area contributed by atoms with E-state index >= 15 is 0 Å². The first-order valence-electron chi connectivity index (χ1n) is 7.82. The summed E-state index contributed by atoms with van der Waals surface area (Å²) in [6.45, 7) is 4.62. The topological polar surface area (TPSA) is 49.9 Å². The zero-order valence-corrected chi connectivity index (χ0v) is 12.2. The van der Waals surface area contributed by atoms with Crippen molar-refractivity contribution in [2.75, 3.05) is 26.3 Å². The molecule has 0 radical (unpaired) electrons. The average Bonchev–Trinajstić information content (AvgIpc) is 3.19. The Balaban J connectivity index is 1.71. The summed E-state index contributed by atoms with van der Waals surface area (Å²) in [7, 11) is 0. The van der Waals surface area contributed by atoms with Gasteiger partial charge in [0.05, 0.1) is 6.04 Å². The Morgan fingerprint density at radius 1 is 1.05 bits per heavy atom. The fourth-order valence-corrected chi connectivity index (χ4v) is 3.42. The lowest BCUT2D eigenvalue weighted by Crippen LogP contribution is -2.51. The smallest absolute Gasteiger partial charge is 0.226 e. The third-order valence-corrected chi connectivity index (χ3v) is 4.77. The van der Waals surface area contributed by atoms with Crippen LogP contribution in [0.3, 0.4) is 0 Å². The van der Waals surface area contributed by atoms with Crippen molar-refractivity contribution in [3.63, 3.8) is 0 Å². The van der Waals surface area contributed by atoms with Gasteiger partial charge in [0.1, 0.15) is 0 Å². The lowest BCUT2D eigenvalue weighted by atomic mass is 10.0. The van der Waals surface area contributed by atoms with Gasteiger partial charge in [0, 0.05) is 45.2 Å². The highest BCUT2D eigenvalue weighted by molar-refractivity contribution is 5.82. The molecule has 5 heteroatoms. The monoisotopic (exact) mass is 280 g/mol. The van der Waals surface area contributed by atoms with Gasteiger partial charge in [-0.1, -0.05) is 0 Å². The van der Waals surface area contributed by atoms with Crippen LogP contribution in [-0.2, 0) is 14.3 Å². The van der Waals surface area contributed by atoms with Gasteiger partial charge in [0.25, 0.3) is 0 Å². The molecule has 1 saturated carbocycles. The van der Waals surface area contributed by atoms with Crippen LogP contribution >= 0.6 is 0 Å². The zero-order valence-electron chi connectivity index (χ0n) is 12.2. The van der Waals surface area contributed by atoms with E-state index in [1.54, 1.807) is 6.92 Å². The van der Waals surface area contributed by atoms with Gasteiger partial charge in [-0.3, -0.25) is 9.59 Å². The molecule has 20 heavy (non-hydrogen) atoms. The minimum absolute atomic E-state index is 0.123. The fourth-order valence-electron chi connectivity index (χ4n) is 3.42. The highest BCUT2D eigenvalue weighted by Gasteiger charge is 2.42. The van der Waals surface area contributed by atoms with Crippen molar-refractivity contribution >= 4 is 11.8 Å².